The Morgan fingerprint density at radius 3 is 2.31 bits per heavy atom. The largest absolute Gasteiger partial charge is 0.438 e. The van der Waals surface area contributed by atoms with Crippen molar-refractivity contribution in [2.24, 2.45) is 0 Å². The van der Waals surface area contributed by atoms with Crippen LogP contribution >= 0.6 is 0 Å². The Morgan fingerprint density at radius 1 is 1.38 bits per heavy atom. The maximum atomic E-state index is 11.6. The lowest BCUT2D eigenvalue weighted by Gasteiger charge is -2.18. The molecular formula is C12H19NO2S. The highest BCUT2D eigenvalue weighted by Crippen LogP contribution is 2.12. The van der Waals surface area contributed by atoms with Crippen LogP contribution < -0.4 is 4.72 Å². The summed E-state index contributed by atoms with van der Waals surface area (Å²) >= 11 is 0. The molecule has 1 rings (SSSR count). The Balaban J connectivity index is 0.00000106. The van der Waals surface area contributed by atoms with Gasteiger partial charge in [-0.05, 0) is 38.8 Å². The Bertz CT molecular complexity index is 382. The minimum absolute atomic E-state index is 0.228. The van der Waals surface area contributed by atoms with Crippen LogP contribution in [0, 0.1) is 12.3 Å². The lowest BCUT2D eigenvalue weighted by molar-refractivity contribution is 0.444. The number of terminal acetylenes is 1. The van der Waals surface area contributed by atoms with Crippen LogP contribution in [0.15, 0.2) is 21.6 Å². The molecular weight excluding hydrogens is 222 g/mol. The summed E-state index contributed by atoms with van der Waals surface area (Å²) in [5.74, 6) is 2.73. The number of nitrogens with one attached hydrogen (secondary N) is 1. The summed E-state index contributed by atoms with van der Waals surface area (Å²) in [6, 6.07) is 3.24. The lowest BCUT2D eigenvalue weighted by atomic mass is 10.1. The van der Waals surface area contributed by atoms with Crippen molar-refractivity contribution in [1.82, 2.24) is 4.72 Å². The summed E-state index contributed by atoms with van der Waals surface area (Å²) < 4.78 is 19.7. The first kappa shape index (κ1) is 14.9. The average molecular weight is 241 g/mol. The maximum Gasteiger partial charge on any atom is 0.207 e. The summed E-state index contributed by atoms with van der Waals surface area (Å²) in [6.45, 7) is 9.78. The van der Waals surface area contributed by atoms with E-state index in [1.54, 1.807) is 12.1 Å². The number of rotatable bonds is 2. The van der Waals surface area contributed by atoms with Gasteiger partial charge in [0, 0.05) is 5.54 Å². The molecule has 0 spiro atoms. The van der Waals surface area contributed by atoms with E-state index in [9.17, 15) is 4.21 Å². The molecule has 0 saturated carbocycles. The fourth-order valence-electron chi connectivity index (χ4n) is 0.826. The molecule has 0 aliphatic heterocycles. The van der Waals surface area contributed by atoms with E-state index in [0.29, 0.717) is 10.9 Å². The second-order valence-electron chi connectivity index (χ2n) is 3.88. The Labute approximate surface area is 100 Å². The van der Waals surface area contributed by atoms with Gasteiger partial charge in [0.1, 0.15) is 0 Å². The van der Waals surface area contributed by atoms with Crippen LogP contribution in [0.4, 0.5) is 0 Å². The SMILES string of the molecule is C#Cc1ccc(S(=O)NC(C)(C)C)o1.CC. The maximum absolute atomic E-state index is 11.6. The molecule has 90 valence electrons. The summed E-state index contributed by atoms with van der Waals surface area (Å²) in [7, 11) is -1.35. The molecule has 3 nitrogen and oxygen atoms in total. The quantitative estimate of drug-likeness (QED) is 0.809. The van der Waals surface area contributed by atoms with E-state index in [0.717, 1.165) is 0 Å². The molecule has 0 saturated heterocycles. The molecule has 1 N–H and O–H groups in total. The minimum Gasteiger partial charge on any atom is -0.438 e. The lowest BCUT2D eigenvalue weighted by Crippen LogP contribution is -2.36. The molecule has 1 aromatic rings. The van der Waals surface area contributed by atoms with E-state index in [-0.39, 0.29) is 5.54 Å². The van der Waals surface area contributed by atoms with Gasteiger partial charge >= 0.3 is 0 Å². The van der Waals surface area contributed by atoms with Gasteiger partial charge in [-0.3, -0.25) is 0 Å². The number of hydrogen-bond acceptors (Lipinski definition) is 2. The monoisotopic (exact) mass is 241 g/mol. The van der Waals surface area contributed by atoms with Crippen molar-refractivity contribution in [3.8, 4) is 12.3 Å². The number of furan rings is 1. The molecule has 0 aliphatic carbocycles. The molecule has 1 heterocycles. The van der Waals surface area contributed by atoms with Crippen LogP contribution in [0.5, 0.6) is 0 Å². The van der Waals surface area contributed by atoms with Gasteiger partial charge in [-0.2, -0.15) is 0 Å². The van der Waals surface area contributed by atoms with Crippen LogP contribution in [0.25, 0.3) is 0 Å². The second-order valence-corrected chi connectivity index (χ2v) is 5.03. The topological polar surface area (TPSA) is 42.2 Å². The molecule has 0 aliphatic rings. The van der Waals surface area contributed by atoms with Crippen molar-refractivity contribution in [2.45, 2.75) is 45.2 Å². The molecule has 16 heavy (non-hydrogen) atoms. The fraction of sp³-hybridized carbons (Fsp3) is 0.500. The minimum atomic E-state index is -1.35. The zero-order valence-corrected chi connectivity index (χ0v) is 11.3. The van der Waals surface area contributed by atoms with Crippen LogP contribution in [0.3, 0.4) is 0 Å². The van der Waals surface area contributed by atoms with Gasteiger partial charge in [0.25, 0.3) is 0 Å². The second kappa shape index (κ2) is 6.51. The number of hydrogen-bond donors (Lipinski definition) is 1. The van der Waals surface area contributed by atoms with E-state index < -0.39 is 11.0 Å². The molecule has 1 aromatic heterocycles. The fourth-order valence-corrected chi connectivity index (χ4v) is 1.84. The van der Waals surface area contributed by atoms with E-state index in [2.05, 4.69) is 10.6 Å². The molecule has 1 atom stereocenters. The first-order chi connectivity index (χ1) is 7.42. The normalized spacial score (nSPS) is 12.2. The highest BCUT2D eigenvalue weighted by atomic mass is 32.2. The third kappa shape index (κ3) is 5.15. The van der Waals surface area contributed by atoms with Gasteiger partial charge in [0.2, 0.25) is 5.09 Å². The van der Waals surface area contributed by atoms with Gasteiger partial charge in [-0.25, -0.2) is 8.93 Å². The smallest absolute Gasteiger partial charge is 0.207 e. The summed E-state index contributed by atoms with van der Waals surface area (Å²) in [4.78, 5) is 0. The zero-order valence-electron chi connectivity index (χ0n) is 10.5. The van der Waals surface area contributed by atoms with Crippen molar-refractivity contribution < 1.29 is 8.63 Å². The standard InChI is InChI=1S/C10H13NO2S.C2H6/c1-5-8-6-7-9(13-8)14(12)11-10(2,3)4;1-2/h1,6-7,11H,2-4H3;1-2H3. The molecule has 0 fully saturated rings. The first-order valence-electron chi connectivity index (χ1n) is 5.18. The molecule has 0 bridgehead atoms. The summed E-state index contributed by atoms with van der Waals surface area (Å²) in [6.07, 6.45) is 5.13. The predicted molar refractivity (Wildman–Crippen MR) is 67.3 cm³/mol. The zero-order chi connectivity index (χ0) is 12.8. The van der Waals surface area contributed by atoms with Gasteiger partial charge in [0.15, 0.2) is 16.7 Å². The van der Waals surface area contributed by atoms with Gasteiger partial charge < -0.3 is 4.42 Å². The van der Waals surface area contributed by atoms with Crippen LogP contribution in [-0.2, 0) is 11.0 Å². The summed E-state index contributed by atoms with van der Waals surface area (Å²) in [5.41, 5.74) is -0.228. The van der Waals surface area contributed by atoms with Crippen molar-refractivity contribution in [3.05, 3.63) is 17.9 Å². The van der Waals surface area contributed by atoms with E-state index in [1.807, 2.05) is 34.6 Å². The van der Waals surface area contributed by atoms with Crippen molar-refractivity contribution in [1.29, 1.82) is 0 Å². The predicted octanol–water partition coefficient (Wildman–Crippen LogP) is 2.70. The van der Waals surface area contributed by atoms with Gasteiger partial charge in [-0.15, -0.1) is 6.42 Å². The molecule has 0 aromatic carbocycles. The van der Waals surface area contributed by atoms with E-state index in [1.165, 1.54) is 0 Å². The molecule has 1 unspecified atom stereocenters. The highest BCUT2D eigenvalue weighted by Gasteiger charge is 2.16. The van der Waals surface area contributed by atoms with Crippen molar-refractivity contribution in [3.63, 3.8) is 0 Å². The highest BCUT2D eigenvalue weighted by molar-refractivity contribution is 7.82. The molecule has 0 amide bonds. The van der Waals surface area contributed by atoms with Gasteiger partial charge in [0.05, 0.1) is 0 Å². The van der Waals surface area contributed by atoms with E-state index >= 15 is 0 Å². The Morgan fingerprint density at radius 2 is 1.94 bits per heavy atom. The Hall–Kier alpha value is -1.05. The first-order valence-corrected chi connectivity index (χ1v) is 6.33. The van der Waals surface area contributed by atoms with Crippen molar-refractivity contribution in [2.75, 3.05) is 0 Å². The van der Waals surface area contributed by atoms with E-state index in [4.69, 9.17) is 10.8 Å². The summed E-state index contributed by atoms with van der Waals surface area (Å²) in [5, 5.41) is 0.355. The molecule has 0 radical (unpaired) electrons. The van der Waals surface area contributed by atoms with Crippen LogP contribution in [0.2, 0.25) is 0 Å². The van der Waals surface area contributed by atoms with Crippen LogP contribution in [0.1, 0.15) is 40.4 Å². The Kier molecular flexibility index (Phi) is 6.09. The van der Waals surface area contributed by atoms with Crippen LogP contribution in [-0.4, -0.2) is 9.75 Å². The average Bonchev–Trinajstić information content (AvgIpc) is 2.66. The van der Waals surface area contributed by atoms with Crippen molar-refractivity contribution >= 4 is 11.0 Å². The third-order valence-corrected chi connectivity index (χ3v) is 2.69. The third-order valence-electron chi connectivity index (χ3n) is 1.31. The molecule has 4 heteroatoms. The van der Waals surface area contributed by atoms with Gasteiger partial charge in [-0.1, -0.05) is 13.8 Å².